The lowest BCUT2D eigenvalue weighted by atomic mass is 10.3. The van der Waals surface area contributed by atoms with Crippen molar-refractivity contribution in [3.8, 4) is 0 Å². The summed E-state index contributed by atoms with van der Waals surface area (Å²) in [5.74, 6) is -0.255. The topological polar surface area (TPSA) is 50.7 Å². The Morgan fingerprint density at radius 2 is 1.95 bits per heavy atom. The van der Waals surface area contributed by atoms with E-state index in [1.807, 2.05) is 19.3 Å². The molecule has 0 aliphatic heterocycles. The molecule has 0 aliphatic carbocycles. The molecule has 19 heavy (non-hydrogen) atoms. The standard InChI is InChI=1S/C13H13FN4S/c1-9-12(16-13(19-2)18-17-9)7-8-15-11-5-3-10(14)4-6-11/h3-8,15H,1-2H3/b8-7+. The van der Waals surface area contributed by atoms with Crippen molar-refractivity contribution < 1.29 is 4.39 Å². The van der Waals surface area contributed by atoms with E-state index in [1.54, 1.807) is 18.3 Å². The van der Waals surface area contributed by atoms with Gasteiger partial charge in [-0.1, -0.05) is 11.8 Å². The van der Waals surface area contributed by atoms with Crippen LogP contribution in [-0.4, -0.2) is 21.4 Å². The van der Waals surface area contributed by atoms with Gasteiger partial charge in [-0.2, -0.15) is 5.10 Å². The van der Waals surface area contributed by atoms with Gasteiger partial charge in [0.15, 0.2) is 0 Å². The molecule has 6 heteroatoms. The van der Waals surface area contributed by atoms with Crippen LogP contribution < -0.4 is 5.32 Å². The molecule has 0 unspecified atom stereocenters. The molecule has 0 bridgehead atoms. The van der Waals surface area contributed by atoms with Crippen LogP contribution in [0.25, 0.3) is 6.08 Å². The molecule has 0 saturated carbocycles. The Morgan fingerprint density at radius 1 is 1.21 bits per heavy atom. The number of anilines is 1. The van der Waals surface area contributed by atoms with Crippen LogP contribution in [0.4, 0.5) is 10.1 Å². The van der Waals surface area contributed by atoms with Crippen LogP contribution in [0.1, 0.15) is 11.4 Å². The molecule has 0 fully saturated rings. The van der Waals surface area contributed by atoms with Crippen molar-refractivity contribution in [1.29, 1.82) is 0 Å². The molecule has 0 radical (unpaired) electrons. The third-order valence-corrected chi connectivity index (χ3v) is 2.93. The lowest BCUT2D eigenvalue weighted by molar-refractivity contribution is 0.628. The predicted octanol–water partition coefficient (Wildman–Crippen LogP) is 3.12. The van der Waals surface area contributed by atoms with E-state index in [-0.39, 0.29) is 5.82 Å². The maximum absolute atomic E-state index is 12.7. The third-order valence-electron chi connectivity index (χ3n) is 2.39. The van der Waals surface area contributed by atoms with Gasteiger partial charge in [0.1, 0.15) is 5.82 Å². The first-order valence-electron chi connectivity index (χ1n) is 5.63. The van der Waals surface area contributed by atoms with Crippen LogP contribution in [-0.2, 0) is 0 Å². The Balaban J connectivity index is 2.08. The van der Waals surface area contributed by atoms with Crippen molar-refractivity contribution in [1.82, 2.24) is 15.2 Å². The summed E-state index contributed by atoms with van der Waals surface area (Å²) in [6, 6.07) is 6.13. The maximum atomic E-state index is 12.7. The van der Waals surface area contributed by atoms with E-state index < -0.39 is 0 Å². The first-order chi connectivity index (χ1) is 9.19. The molecule has 1 aromatic heterocycles. The van der Waals surface area contributed by atoms with Gasteiger partial charge in [-0.3, -0.25) is 0 Å². The Hall–Kier alpha value is -1.95. The molecular formula is C13H13FN4S. The summed E-state index contributed by atoms with van der Waals surface area (Å²) in [7, 11) is 0. The van der Waals surface area contributed by atoms with Crippen molar-refractivity contribution >= 4 is 23.5 Å². The zero-order valence-electron chi connectivity index (χ0n) is 10.6. The van der Waals surface area contributed by atoms with Gasteiger partial charge in [0.2, 0.25) is 5.16 Å². The number of hydrogen-bond acceptors (Lipinski definition) is 5. The molecule has 0 spiro atoms. The maximum Gasteiger partial charge on any atom is 0.209 e. The van der Waals surface area contributed by atoms with Gasteiger partial charge in [-0.05, 0) is 43.5 Å². The summed E-state index contributed by atoms with van der Waals surface area (Å²) in [6.45, 7) is 1.85. The largest absolute Gasteiger partial charge is 0.362 e. The zero-order chi connectivity index (χ0) is 13.7. The van der Waals surface area contributed by atoms with Gasteiger partial charge in [-0.15, -0.1) is 5.10 Å². The van der Waals surface area contributed by atoms with Crippen LogP contribution in [0.3, 0.4) is 0 Å². The number of nitrogens with zero attached hydrogens (tertiary/aromatic N) is 3. The van der Waals surface area contributed by atoms with Crippen molar-refractivity contribution in [2.75, 3.05) is 11.6 Å². The fraction of sp³-hybridized carbons (Fsp3) is 0.154. The molecule has 1 aromatic carbocycles. The summed E-state index contributed by atoms with van der Waals surface area (Å²) >= 11 is 1.44. The Morgan fingerprint density at radius 3 is 2.63 bits per heavy atom. The lowest BCUT2D eigenvalue weighted by Crippen LogP contribution is -1.98. The van der Waals surface area contributed by atoms with E-state index in [9.17, 15) is 4.39 Å². The Kier molecular flexibility index (Phi) is 4.46. The molecule has 1 heterocycles. The molecule has 4 nitrogen and oxygen atoms in total. The number of benzene rings is 1. The Labute approximate surface area is 115 Å². The van der Waals surface area contributed by atoms with E-state index in [2.05, 4.69) is 20.5 Å². The molecule has 0 atom stereocenters. The van der Waals surface area contributed by atoms with E-state index in [0.29, 0.717) is 5.16 Å². The van der Waals surface area contributed by atoms with E-state index in [4.69, 9.17) is 0 Å². The molecule has 0 aliphatic rings. The fourth-order valence-corrected chi connectivity index (χ4v) is 1.69. The minimum Gasteiger partial charge on any atom is -0.362 e. The molecular weight excluding hydrogens is 263 g/mol. The number of aromatic nitrogens is 3. The zero-order valence-corrected chi connectivity index (χ0v) is 11.4. The lowest BCUT2D eigenvalue weighted by Gasteiger charge is -2.01. The SMILES string of the molecule is CSc1nnc(C)c(/C=C/Nc2ccc(F)cc2)n1. The summed E-state index contributed by atoms with van der Waals surface area (Å²) in [4.78, 5) is 4.34. The van der Waals surface area contributed by atoms with Gasteiger partial charge in [-0.25, -0.2) is 9.37 Å². The smallest absolute Gasteiger partial charge is 0.209 e. The summed E-state index contributed by atoms with van der Waals surface area (Å²) in [5.41, 5.74) is 2.33. The summed E-state index contributed by atoms with van der Waals surface area (Å²) < 4.78 is 12.7. The highest BCUT2D eigenvalue weighted by molar-refractivity contribution is 7.98. The van der Waals surface area contributed by atoms with Gasteiger partial charge in [0.25, 0.3) is 0 Å². The summed E-state index contributed by atoms with van der Waals surface area (Å²) in [6.07, 6.45) is 5.46. The van der Waals surface area contributed by atoms with Crippen molar-refractivity contribution in [2.45, 2.75) is 12.1 Å². The average Bonchev–Trinajstić information content (AvgIpc) is 2.43. The van der Waals surface area contributed by atoms with Crippen LogP contribution in [0.15, 0.2) is 35.6 Å². The van der Waals surface area contributed by atoms with E-state index >= 15 is 0 Å². The monoisotopic (exact) mass is 276 g/mol. The minimum absolute atomic E-state index is 0.255. The molecule has 2 rings (SSSR count). The second kappa shape index (κ2) is 6.29. The number of halogens is 1. The minimum atomic E-state index is -0.255. The van der Waals surface area contributed by atoms with Crippen molar-refractivity contribution in [3.05, 3.63) is 47.7 Å². The number of nitrogens with one attached hydrogen (secondary N) is 1. The first-order valence-corrected chi connectivity index (χ1v) is 6.85. The van der Waals surface area contributed by atoms with Gasteiger partial charge in [0.05, 0.1) is 11.4 Å². The van der Waals surface area contributed by atoms with Crippen molar-refractivity contribution in [3.63, 3.8) is 0 Å². The Bertz CT molecular complexity index is 584. The van der Waals surface area contributed by atoms with Crippen LogP contribution in [0.2, 0.25) is 0 Å². The van der Waals surface area contributed by atoms with E-state index in [0.717, 1.165) is 17.1 Å². The molecule has 0 amide bonds. The highest BCUT2D eigenvalue weighted by Gasteiger charge is 2.01. The molecule has 1 N–H and O–H groups in total. The van der Waals surface area contributed by atoms with Gasteiger partial charge >= 0.3 is 0 Å². The normalized spacial score (nSPS) is 10.9. The number of aryl methyl sites for hydroxylation is 1. The number of hydrogen-bond donors (Lipinski definition) is 1. The van der Waals surface area contributed by atoms with Crippen LogP contribution in [0, 0.1) is 12.7 Å². The number of thioether (sulfide) groups is 1. The van der Waals surface area contributed by atoms with Crippen molar-refractivity contribution in [2.24, 2.45) is 0 Å². The second-order valence-electron chi connectivity index (χ2n) is 3.75. The predicted molar refractivity (Wildman–Crippen MR) is 75.4 cm³/mol. The molecule has 98 valence electrons. The first kappa shape index (κ1) is 13.5. The van der Waals surface area contributed by atoms with Crippen LogP contribution in [0.5, 0.6) is 0 Å². The highest BCUT2D eigenvalue weighted by atomic mass is 32.2. The van der Waals surface area contributed by atoms with Gasteiger partial charge in [0, 0.05) is 11.9 Å². The number of rotatable bonds is 4. The van der Waals surface area contributed by atoms with E-state index in [1.165, 1.54) is 23.9 Å². The second-order valence-corrected chi connectivity index (χ2v) is 4.53. The molecule has 0 saturated heterocycles. The molecule has 2 aromatic rings. The third kappa shape index (κ3) is 3.75. The fourth-order valence-electron chi connectivity index (χ4n) is 1.38. The van der Waals surface area contributed by atoms with Gasteiger partial charge < -0.3 is 5.32 Å². The highest BCUT2D eigenvalue weighted by Crippen LogP contribution is 2.12. The average molecular weight is 276 g/mol. The summed E-state index contributed by atoms with van der Waals surface area (Å²) in [5, 5.41) is 11.6. The van der Waals surface area contributed by atoms with Crippen LogP contribution >= 0.6 is 11.8 Å². The quantitative estimate of drug-likeness (QED) is 0.869.